The number of rotatable bonds is 2. The number of aryl methyl sites for hydroxylation is 2. The SMILES string of the molecule is Cc1ccc(N2C(=O)CS[C@H]2c2cccc(N)c2)c(C)c1. The van der Waals surface area contributed by atoms with Crippen molar-refractivity contribution in [1.29, 1.82) is 0 Å². The second-order valence-electron chi connectivity index (χ2n) is 5.39. The predicted molar refractivity (Wildman–Crippen MR) is 89.5 cm³/mol. The summed E-state index contributed by atoms with van der Waals surface area (Å²) < 4.78 is 0. The second kappa shape index (κ2) is 5.45. The molecular weight excluding hydrogens is 280 g/mol. The van der Waals surface area contributed by atoms with Gasteiger partial charge in [-0.05, 0) is 43.2 Å². The van der Waals surface area contributed by atoms with E-state index >= 15 is 0 Å². The minimum Gasteiger partial charge on any atom is -0.399 e. The van der Waals surface area contributed by atoms with Gasteiger partial charge in [0.15, 0.2) is 0 Å². The number of hydrogen-bond donors (Lipinski definition) is 1. The highest BCUT2D eigenvalue weighted by Crippen LogP contribution is 2.43. The first-order chi connectivity index (χ1) is 10.1. The van der Waals surface area contributed by atoms with Crippen molar-refractivity contribution in [3.63, 3.8) is 0 Å². The summed E-state index contributed by atoms with van der Waals surface area (Å²) in [4.78, 5) is 14.3. The Balaban J connectivity index is 2.04. The normalized spacial score (nSPS) is 18.3. The molecule has 1 heterocycles. The first kappa shape index (κ1) is 14.0. The summed E-state index contributed by atoms with van der Waals surface area (Å²) in [7, 11) is 0. The van der Waals surface area contributed by atoms with E-state index in [9.17, 15) is 4.79 Å². The summed E-state index contributed by atoms with van der Waals surface area (Å²) in [6.07, 6.45) is 0. The van der Waals surface area contributed by atoms with Gasteiger partial charge in [-0.2, -0.15) is 0 Å². The lowest BCUT2D eigenvalue weighted by molar-refractivity contribution is -0.115. The minimum absolute atomic E-state index is 0.00223. The monoisotopic (exact) mass is 298 g/mol. The molecule has 1 saturated heterocycles. The first-order valence-electron chi connectivity index (χ1n) is 6.92. The molecule has 21 heavy (non-hydrogen) atoms. The van der Waals surface area contributed by atoms with Gasteiger partial charge in [0.05, 0.1) is 5.75 Å². The Morgan fingerprint density at radius 2 is 2.00 bits per heavy atom. The van der Waals surface area contributed by atoms with Gasteiger partial charge in [0.1, 0.15) is 5.37 Å². The number of nitrogens with zero attached hydrogens (tertiary/aromatic N) is 1. The summed E-state index contributed by atoms with van der Waals surface area (Å²) in [5.74, 6) is 0.659. The molecule has 2 aromatic rings. The van der Waals surface area contributed by atoms with Crippen LogP contribution in [0.5, 0.6) is 0 Å². The number of carbonyl (C=O) groups is 1. The standard InChI is InChI=1S/C17H18N2OS/c1-11-6-7-15(12(2)8-11)19-16(20)10-21-17(19)13-4-3-5-14(18)9-13/h3-9,17H,10,18H2,1-2H3/t17-/m0/s1. The lowest BCUT2D eigenvalue weighted by Gasteiger charge is -2.26. The maximum Gasteiger partial charge on any atom is 0.238 e. The van der Waals surface area contributed by atoms with E-state index in [1.807, 2.05) is 35.2 Å². The molecule has 0 radical (unpaired) electrons. The van der Waals surface area contributed by atoms with Gasteiger partial charge >= 0.3 is 0 Å². The highest BCUT2D eigenvalue weighted by molar-refractivity contribution is 8.00. The van der Waals surface area contributed by atoms with Gasteiger partial charge in [0.25, 0.3) is 0 Å². The molecule has 1 amide bonds. The van der Waals surface area contributed by atoms with Crippen LogP contribution in [0.4, 0.5) is 11.4 Å². The minimum atomic E-state index is 0.00223. The van der Waals surface area contributed by atoms with Gasteiger partial charge in [-0.1, -0.05) is 29.8 Å². The van der Waals surface area contributed by atoms with E-state index in [-0.39, 0.29) is 11.3 Å². The number of nitrogens with two attached hydrogens (primary N) is 1. The zero-order chi connectivity index (χ0) is 15.0. The van der Waals surface area contributed by atoms with Gasteiger partial charge in [0.2, 0.25) is 5.91 Å². The lowest BCUT2D eigenvalue weighted by atomic mass is 10.1. The molecule has 3 nitrogen and oxygen atoms in total. The highest BCUT2D eigenvalue weighted by atomic mass is 32.2. The molecule has 0 spiro atoms. The third kappa shape index (κ3) is 2.63. The Hall–Kier alpha value is -1.94. The molecule has 2 aromatic carbocycles. The molecule has 3 rings (SSSR count). The van der Waals surface area contributed by atoms with Crippen molar-refractivity contribution in [2.24, 2.45) is 0 Å². The average Bonchev–Trinajstić information content (AvgIpc) is 2.81. The molecule has 0 saturated carbocycles. The average molecular weight is 298 g/mol. The fourth-order valence-corrected chi connectivity index (χ4v) is 3.88. The van der Waals surface area contributed by atoms with E-state index in [0.717, 1.165) is 22.5 Å². The van der Waals surface area contributed by atoms with E-state index in [0.29, 0.717) is 5.75 Å². The van der Waals surface area contributed by atoms with Crippen LogP contribution >= 0.6 is 11.8 Å². The van der Waals surface area contributed by atoms with Crippen LogP contribution in [-0.4, -0.2) is 11.7 Å². The van der Waals surface area contributed by atoms with Crippen LogP contribution in [0.1, 0.15) is 22.1 Å². The number of benzene rings is 2. The highest BCUT2D eigenvalue weighted by Gasteiger charge is 2.34. The van der Waals surface area contributed by atoms with Crippen LogP contribution < -0.4 is 10.6 Å². The van der Waals surface area contributed by atoms with Crippen molar-refractivity contribution in [3.05, 3.63) is 59.2 Å². The second-order valence-corrected chi connectivity index (χ2v) is 6.46. The van der Waals surface area contributed by atoms with Crippen LogP contribution in [-0.2, 0) is 4.79 Å². The van der Waals surface area contributed by atoms with Crippen molar-refractivity contribution in [2.45, 2.75) is 19.2 Å². The third-order valence-corrected chi connectivity index (χ3v) is 4.89. The van der Waals surface area contributed by atoms with Crippen LogP contribution in [0, 0.1) is 13.8 Å². The molecule has 0 aliphatic carbocycles. The molecule has 2 N–H and O–H groups in total. The van der Waals surface area contributed by atoms with Crippen LogP contribution in [0.3, 0.4) is 0 Å². The predicted octanol–water partition coefficient (Wildman–Crippen LogP) is 3.66. The number of nitrogen functional groups attached to an aromatic ring is 1. The summed E-state index contributed by atoms with van der Waals surface area (Å²) in [6.45, 7) is 4.11. The molecule has 0 aromatic heterocycles. The van der Waals surface area contributed by atoms with Crippen molar-refractivity contribution < 1.29 is 4.79 Å². The Kier molecular flexibility index (Phi) is 3.64. The Bertz CT molecular complexity index is 699. The van der Waals surface area contributed by atoms with Gasteiger partial charge < -0.3 is 5.73 Å². The summed E-state index contributed by atoms with van der Waals surface area (Å²) in [5, 5.41) is 0.00223. The fourth-order valence-electron chi connectivity index (χ4n) is 2.72. The van der Waals surface area contributed by atoms with Crippen molar-refractivity contribution in [2.75, 3.05) is 16.4 Å². The van der Waals surface area contributed by atoms with Crippen molar-refractivity contribution in [3.8, 4) is 0 Å². The molecule has 4 heteroatoms. The molecule has 108 valence electrons. The quantitative estimate of drug-likeness (QED) is 0.861. The largest absolute Gasteiger partial charge is 0.399 e. The van der Waals surface area contributed by atoms with E-state index in [1.165, 1.54) is 5.56 Å². The van der Waals surface area contributed by atoms with Crippen LogP contribution in [0.25, 0.3) is 0 Å². The third-order valence-electron chi connectivity index (χ3n) is 3.68. The maximum atomic E-state index is 12.4. The molecule has 0 unspecified atom stereocenters. The fraction of sp³-hybridized carbons (Fsp3) is 0.235. The topological polar surface area (TPSA) is 46.3 Å². The van der Waals surface area contributed by atoms with Gasteiger partial charge in [-0.25, -0.2) is 0 Å². The smallest absolute Gasteiger partial charge is 0.238 e. The molecule has 1 aliphatic rings. The maximum absolute atomic E-state index is 12.4. The van der Waals surface area contributed by atoms with E-state index < -0.39 is 0 Å². The van der Waals surface area contributed by atoms with E-state index in [4.69, 9.17) is 5.73 Å². The lowest BCUT2D eigenvalue weighted by Crippen LogP contribution is -2.28. The number of anilines is 2. The molecule has 1 fully saturated rings. The molecule has 1 atom stereocenters. The van der Waals surface area contributed by atoms with E-state index in [1.54, 1.807) is 11.8 Å². The zero-order valence-corrected chi connectivity index (χ0v) is 13.0. The zero-order valence-electron chi connectivity index (χ0n) is 12.2. The summed E-state index contributed by atoms with van der Waals surface area (Å²) in [6, 6.07) is 14.0. The molecular formula is C17H18N2OS. The number of hydrogen-bond acceptors (Lipinski definition) is 3. The van der Waals surface area contributed by atoms with Crippen molar-refractivity contribution in [1.82, 2.24) is 0 Å². The summed E-state index contributed by atoms with van der Waals surface area (Å²) in [5.41, 5.74) is 11.0. The van der Waals surface area contributed by atoms with E-state index in [2.05, 4.69) is 26.0 Å². The number of amides is 1. The van der Waals surface area contributed by atoms with Crippen molar-refractivity contribution >= 4 is 29.0 Å². The van der Waals surface area contributed by atoms with Gasteiger partial charge in [-0.15, -0.1) is 11.8 Å². The summed E-state index contributed by atoms with van der Waals surface area (Å²) >= 11 is 1.65. The number of thioether (sulfide) groups is 1. The first-order valence-corrected chi connectivity index (χ1v) is 7.97. The van der Waals surface area contributed by atoms with Crippen LogP contribution in [0.2, 0.25) is 0 Å². The van der Waals surface area contributed by atoms with Gasteiger partial charge in [0, 0.05) is 11.4 Å². The van der Waals surface area contributed by atoms with Crippen LogP contribution in [0.15, 0.2) is 42.5 Å². The molecule has 0 bridgehead atoms. The van der Waals surface area contributed by atoms with Gasteiger partial charge in [-0.3, -0.25) is 9.69 Å². The Morgan fingerprint density at radius 3 is 2.71 bits per heavy atom. The Labute approximate surface area is 129 Å². The Morgan fingerprint density at radius 1 is 1.19 bits per heavy atom. The molecule has 1 aliphatic heterocycles. The number of carbonyl (C=O) groups excluding carboxylic acids is 1.